The number of Topliss-reactive ketones (excluding diaryl/α,β-unsaturated/α-hetero) is 1. The molecule has 4 nitrogen and oxygen atoms in total. The molecule has 1 heterocycles. The minimum atomic E-state index is -0.492. The molecular weight excluding hydrogens is 357 g/mol. The van der Waals surface area contributed by atoms with Gasteiger partial charge in [-0.15, -0.1) is 0 Å². The molecule has 2 aromatic rings. The number of nitrogens with zero attached hydrogens (tertiary/aromatic N) is 1. The van der Waals surface area contributed by atoms with Crippen molar-refractivity contribution < 1.29 is 18.7 Å². The van der Waals surface area contributed by atoms with E-state index in [1.807, 2.05) is 0 Å². The summed E-state index contributed by atoms with van der Waals surface area (Å²) in [6, 6.07) is 13.2. The Labute approximate surface area is 156 Å². The van der Waals surface area contributed by atoms with Gasteiger partial charge in [-0.3, -0.25) is 9.59 Å². The lowest BCUT2D eigenvalue weighted by atomic mass is 10.0. The van der Waals surface area contributed by atoms with Crippen LogP contribution in [0.5, 0.6) is 0 Å². The summed E-state index contributed by atoms with van der Waals surface area (Å²) in [6.07, 6.45) is -0.314. The van der Waals surface area contributed by atoms with Gasteiger partial charge in [-0.2, -0.15) is 0 Å². The van der Waals surface area contributed by atoms with Crippen LogP contribution >= 0.6 is 11.6 Å². The smallest absolute Gasteiger partial charge is 0.223 e. The zero-order chi connectivity index (χ0) is 18.5. The van der Waals surface area contributed by atoms with Crippen LogP contribution in [-0.2, 0) is 9.53 Å². The molecule has 1 saturated heterocycles. The van der Waals surface area contributed by atoms with Gasteiger partial charge in [-0.1, -0.05) is 41.9 Å². The molecule has 0 N–H and O–H groups in total. The first-order chi connectivity index (χ1) is 12.6. The molecule has 0 aliphatic carbocycles. The van der Waals surface area contributed by atoms with E-state index in [1.165, 1.54) is 6.07 Å². The van der Waals surface area contributed by atoms with Crippen LogP contribution in [0.15, 0.2) is 48.5 Å². The normalized spacial score (nSPS) is 17.2. The number of halogens is 2. The third-order valence-electron chi connectivity index (χ3n) is 4.41. The molecule has 0 radical (unpaired) electrons. The molecule has 0 saturated carbocycles. The summed E-state index contributed by atoms with van der Waals surface area (Å²) in [7, 11) is 0. The van der Waals surface area contributed by atoms with E-state index < -0.39 is 6.10 Å². The van der Waals surface area contributed by atoms with Gasteiger partial charge < -0.3 is 9.64 Å². The fraction of sp³-hybridized carbons (Fsp3) is 0.300. The van der Waals surface area contributed by atoms with Crippen molar-refractivity contribution in [3.8, 4) is 0 Å². The van der Waals surface area contributed by atoms with Gasteiger partial charge in [0.1, 0.15) is 11.9 Å². The largest absolute Gasteiger partial charge is 0.370 e. The molecule has 0 aromatic heterocycles. The molecule has 136 valence electrons. The minimum absolute atomic E-state index is 0.0876. The van der Waals surface area contributed by atoms with Crippen LogP contribution in [0.4, 0.5) is 4.39 Å². The van der Waals surface area contributed by atoms with Crippen molar-refractivity contribution in [3.63, 3.8) is 0 Å². The zero-order valence-corrected chi connectivity index (χ0v) is 14.9. The molecule has 3 rings (SSSR count). The maximum absolute atomic E-state index is 13.9. The Morgan fingerprint density at radius 3 is 2.62 bits per heavy atom. The molecule has 26 heavy (non-hydrogen) atoms. The maximum atomic E-state index is 13.9. The van der Waals surface area contributed by atoms with E-state index in [0.29, 0.717) is 29.3 Å². The number of carbonyl (C=O) groups is 2. The fourth-order valence-corrected chi connectivity index (χ4v) is 3.24. The van der Waals surface area contributed by atoms with Crippen molar-refractivity contribution in [1.29, 1.82) is 0 Å². The molecule has 1 amide bonds. The van der Waals surface area contributed by atoms with Gasteiger partial charge in [0.15, 0.2) is 5.78 Å². The number of carbonyl (C=O) groups excluding carboxylic acids is 2. The number of hydrogen-bond donors (Lipinski definition) is 0. The summed E-state index contributed by atoms with van der Waals surface area (Å²) in [5.41, 5.74) is 0.866. The highest BCUT2D eigenvalue weighted by Gasteiger charge is 2.27. The van der Waals surface area contributed by atoms with E-state index in [2.05, 4.69) is 0 Å². The zero-order valence-electron chi connectivity index (χ0n) is 14.2. The van der Waals surface area contributed by atoms with Crippen LogP contribution in [0.3, 0.4) is 0 Å². The van der Waals surface area contributed by atoms with Crippen molar-refractivity contribution in [3.05, 3.63) is 70.5 Å². The lowest BCUT2D eigenvalue weighted by Crippen LogP contribution is -2.42. The number of benzene rings is 2. The van der Waals surface area contributed by atoms with Crippen molar-refractivity contribution in [2.45, 2.75) is 18.9 Å². The Bertz CT molecular complexity index is 811. The minimum Gasteiger partial charge on any atom is -0.370 e. The predicted molar refractivity (Wildman–Crippen MR) is 96.7 cm³/mol. The van der Waals surface area contributed by atoms with Crippen molar-refractivity contribution in [1.82, 2.24) is 4.90 Å². The summed E-state index contributed by atoms with van der Waals surface area (Å²) in [4.78, 5) is 26.4. The average Bonchev–Trinajstić information content (AvgIpc) is 2.66. The highest BCUT2D eigenvalue weighted by molar-refractivity contribution is 6.34. The molecule has 0 bridgehead atoms. The summed E-state index contributed by atoms with van der Waals surface area (Å²) in [6.45, 7) is 1.05. The van der Waals surface area contributed by atoms with Crippen LogP contribution < -0.4 is 0 Å². The fourth-order valence-electron chi connectivity index (χ4n) is 3.00. The van der Waals surface area contributed by atoms with Crippen molar-refractivity contribution >= 4 is 23.3 Å². The number of morpholine rings is 1. The summed E-state index contributed by atoms with van der Waals surface area (Å²) in [5, 5.41) is 0.385. The first kappa shape index (κ1) is 18.5. The van der Waals surface area contributed by atoms with Gasteiger partial charge in [0.2, 0.25) is 5.91 Å². The second kappa shape index (κ2) is 8.43. The highest BCUT2D eigenvalue weighted by atomic mass is 35.5. The molecule has 1 aliphatic heterocycles. The SMILES string of the molecule is O=C(CCC(=O)N1CCOC(c2ccccc2F)C1)c1ccccc1Cl. The Morgan fingerprint density at radius 2 is 1.85 bits per heavy atom. The summed E-state index contributed by atoms with van der Waals surface area (Å²) in [5.74, 6) is -0.654. The number of hydrogen-bond acceptors (Lipinski definition) is 3. The van der Waals surface area contributed by atoms with Crippen LogP contribution in [0.2, 0.25) is 5.02 Å². The molecule has 0 spiro atoms. The molecule has 6 heteroatoms. The highest BCUT2D eigenvalue weighted by Crippen LogP contribution is 2.25. The molecular formula is C20H19ClFNO3. The first-order valence-electron chi connectivity index (χ1n) is 8.48. The second-order valence-electron chi connectivity index (χ2n) is 6.12. The van der Waals surface area contributed by atoms with Gasteiger partial charge in [0.25, 0.3) is 0 Å². The van der Waals surface area contributed by atoms with Gasteiger partial charge in [-0.05, 0) is 18.2 Å². The number of rotatable bonds is 5. The topological polar surface area (TPSA) is 46.6 Å². The monoisotopic (exact) mass is 375 g/mol. The van der Waals surface area contributed by atoms with Crippen LogP contribution in [-0.4, -0.2) is 36.3 Å². The van der Waals surface area contributed by atoms with E-state index >= 15 is 0 Å². The molecule has 1 aliphatic rings. The lowest BCUT2D eigenvalue weighted by Gasteiger charge is -2.33. The number of ether oxygens (including phenoxy) is 1. The first-order valence-corrected chi connectivity index (χ1v) is 8.85. The third kappa shape index (κ3) is 4.29. The van der Waals surface area contributed by atoms with Gasteiger partial charge in [0, 0.05) is 30.5 Å². The van der Waals surface area contributed by atoms with Crippen LogP contribution in [0.25, 0.3) is 0 Å². The van der Waals surface area contributed by atoms with Gasteiger partial charge in [-0.25, -0.2) is 4.39 Å². The molecule has 1 fully saturated rings. The number of ketones is 1. The van der Waals surface area contributed by atoms with E-state index in [9.17, 15) is 14.0 Å². The van der Waals surface area contributed by atoms with Crippen molar-refractivity contribution in [2.24, 2.45) is 0 Å². The van der Waals surface area contributed by atoms with E-state index in [4.69, 9.17) is 16.3 Å². The standard InChI is InChI=1S/C20H19ClFNO3/c21-16-7-3-1-5-14(16)18(24)9-10-20(25)23-11-12-26-19(13-23)15-6-2-4-8-17(15)22/h1-8,19H,9-13H2. The summed E-state index contributed by atoms with van der Waals surface area (Å²) < 4.78 is 19.6. The van der Waals surface area contributed by atoms with Crippen LogP contribution in [0.1, 0.15) is 34.9 Å². The predicted octanol–water partition coefficient (Wildman–Crippen LogP) is 4.04. The Hall–Kier alpha value is -2.24. The van der Waals surface area contributed by atoms with E-state index in [1.54, 1.807) is 47.4 Å². The van der Waals surface area contributed by atoms with Crippen molar-refractivity contribution in [2.75, 3.05) is 19.7 Å². The van der Waals surface area contributed by atoms with Gasteiger partial charge >= 0.3 is 0 Å². The Morgan fingerprint density at radius 1 is 1.12 bits per heavy atom. The van der Waals surface area contributed by atoms with E-state index in [-0.39, 0.29) is 36.9 Å². The quantitative estimate of drug-likeness (QED) is 0.741. The van der Waals surface area contributed by atoms with E-state index in [0.717, 1.165) is 0 Å². The average molecular weight is 376 g/mol. The molecule has 1 atom stereocenters. The lowest BCUT2D eigenvalue weighted by molar-refractivity contribution is -0.139. The second-order valence-corrected chi connectivity index (χ2v) is 6.53. The molecule has 2 aromatic carbocycles. The third-order valence-corrected chi connectivity index (χ3v) is 4.74. The van der Waals surface area contributed by atoms with Crippen LogP contribution in [0, 0.1) is 5.82 Å². The molecule has 1 unspecified atom stereocenters. The van der Waals surface area contributed by atoms with Gasteiger partial charge in [0.05, 0.1) is 18.2 Å². The Kier molecular flexibility index (Phi) is 6.01. The summed E-state index contributed by atoms with van der Waals surface area (Å²) >= 11 is 6.02. The Balaban J connectivity index is 1.59. The number of amides is 1. The maximum Gasteiger partial charge on any atom is 0.223 e.